The quantitative estimate of drug-likeness (QED) is 0.487. The molecule has 1 unspecified atom stereocenters. The highest BCUT2D eigenvalue weighted by atomic mass is 32.1. The highest BCUT2D eigenvalue weighted by molar-refractivity contribution is 7.13. The number of hydrogen-bond donors (Lipinski definition) is 1. The SMILES string of the molecule is O=C(Nc1nccs1)C1CCCN(C(=O)Cn2c3ccccc3c(=O)c3ccccc32)C1. The molecule has 1 saturated heterocycles. The summed E-state index contributed by atoms with van der Waals surface area (Å²) in [6.07, 6.45) is 3.16. The zero-order valence-corrected chi connectivity index (χ0v) is 18.2. The number of likely N-dealkylation sites (tertiary alicyclic amines) is 1. The maximum atomic E-state index is 13.3. The van der Waals surface area contributed by atoms with Gasteiger partial charge in [-0.1, -0.05) is 24.3 Å². The van der Waals surface area contributed by atoms with E-state index in [1.165, 1.54) is 11.3 Å². The lowest BCUT2D eigenvalue weighted by molar-refractivity contribution is -0.135. The molecule has 2 aromatic heterocycles. The summed E-state index contributed by atoms with van der Waals surface area (Å²) < 4.78 is 1.91. The van der Waals surface area contributed by atoms with Crippen LogP contribution in [0, 0.1) is 5.92 Å². The van der Waals surface area contributed by atoms with E-state index in [0.717, 1.165) is 23.9 Å². The van der Waals surface area contributed by atoms with Crippen LogP contribution in [0.2, 0.25) is 0 Å². The summed E-state index contributed by atoms with van der Waals surface area (Å²) in [4.78, 5) is 44.7. The summed E-state index contributed by atoms with van der Waals surface area (Å²) in [5.74, 6) is -0.425. The minimum Gasteiger partial charge on any atom is -0.340 e. The first-order valence-corrected chi connectivity index (χ1v) is 11.5. The number of hydrogen-bond acceptors (Lipinski definition) is 5. The van der Waals surface area contributed by atoms with Crippen LogP contribution in [0.4, 0.5) is 5.13 Å². The first-order valence-electron chi connectivity index (χ1n) is 10.6. The van der Waals surface area contributed by atoms with Crippen LogP contribution in [-0.4, -0.2) is 39.4 Å². The van der Waals surface area contributed by atoms with E-state index in [0.29, 0.717) is 29.0 Å². The largest absolute Gasteiger partial charge is 0.340 e. The summed E-state index contributed by atoms with van der Waals surface area (Å²) in [5, 5.41) is 6.42. The number of nitrogens with one attached hydrogen (secondary N) is 1. The Bertz CT molecular complexity index is 1300. The fraction of sp³-hybridized carbons (Fsp3) is 0.250. The Hall–Kier alpha value is -3.52. The predicted octanol–water partition coefficient (Wildman–Crippen LogP) is 3.49. The standard InChI is InChI=1S/C24H22N4O3S/c29-21(27-12-5-6-16(14-27)23(31)26-24-25-11-13-32-24)15-28-19-9-3-1-7-17(19)22(30)18-8-2-4-10-20(18)28/h1-4,7-11,13,16H,5-6,12,14-15H2,(H,25,26,31). The average Bonchev–Trinajstić information content (AvgIpc) is 3.35. The molecule has 32 heavy (non-hydrogen) atoms. The highest BCUT2D eigenvalue weighted by Crippen LogP contribution is 2.22. The Labute approximate surface area is 188 Å². The van der Waals surface area contributed by atoms with Crippen LogP contribution in [0.3, 0.4) is 0 Å². The van der Waals surface area contributed by atoms with Crippen LogP contribution in [0.25, 0.3) is 21.8 Å². The number of rotatable bonds is 4. The lowest BCUT2D eigenvalue weighted by atomic mass is 9.97. The second kappa shape index (κ2) is 8.55. The monoisotopic (exact) mass is 446 g/mol. The van der Waals surface area contributed by atoms with E-state index in [1.807, 2.05) is 46.3 Å². The van der Waals surface area contributed by atoms with Gasteiger partial charge in [-0.3, -0.25) is 14.4 Å². The normalized spacial score (nSPS) is 16.4. The lowest BCUT2D eigenvalue weighted by Crippen LogP contribution is -2.45. The summed E-state index contributed by atoms with van der Waals surface area (Å²) in [6.45, 7) is 1.12. The van der Waals surface area contributed by atoms with Crippen molar-refractivity contribution in [2.24, 2.45) is 5.92 Å². The molecule has 5 rings (SSSR count). The molecule has 0 bridgehead atoms. The fourth-order valence-corrected chi connectivity index (χ4v) is 4.92. The van der Waals surface area contributed by atoms with Crippen molar-refractivity contribution in [2.75, 3.05) is 18.4 Å². The van der Waals surface area contributed by atoms with Crippen LogP contribution in [-0.2, 0) is 16.1 Å². The first-order chi connectivity index (χ1) is 15.6. The molecular formula is C24H22N4O3S. The van der Waals surface area contributed by atoms with E-state index in [1.54, 1.807) is 23.2 Å². The number of aromatic nitrogens is 2. The van der Waals surface area contributed by atoms with Gasteiger partial charge < -0.3 is 14.8 Å². The Kier molecular flexibility index (Phi) is 5.45. The zero-order valence-electron chi connectivity index (χ0n) is 17.4. The minimum atomic E-state index is -0.265. The topological polar surface area (TPSA) is 84.3 Å². The molecule has 2 aromatic carbocycles. The molecular weight excluding hydrogens is 424 g/mol. The highest BCUT2D eigenvalue weighted by Gasteiger charge is 2.29. The minimum absolute atomic E-state index is 0.0307. The van der Waals surface area contributed by atoms with Crippen LogP contribution in [0.5, 0.6) is 0 Å². The third-order valence-corrected chi connectivity index (χ3v) is 6.67. The van der Waals surface area contributed by atoms with Crippen LogP contribution in [0.15, 0.2) is 64.9 Å². The van der Waals surface area contributed by atoms with Gasteiger partial charge in [-0.15, -0.1) is 11.3 Å². The van der Waals surface area contributed by atoms with Crippen molar-refractivity contribution in [1.82, 2.24) is 14.5 Å². The number of para-hydroxylation sites is 2. The summed E-state index contributed by atoms with van der Waals surface area (Å²) >= 11 is 1.37. The lowest BCUT2D eigenvalue weighted by Gasteiger charge is -2.32. The van der Waals surface area contributed by atoms with Crippen molar-refractivity contribution in [2.45, 2.75) is 19.4 Å². The van der Waals surface area contributed by atoms with Crippen molar-refractivity contribution in [3.8, 4) is 0 Å². The second-order valence-electron chi connectivity index (χ2n) is 7.95. The maximum Gasteiger partial charge on any atom is 0.242 e. The van der Waals surface area contributed by atoms with E-state index in [9.17, 15) is 14.4 Å². The van der Waals surface area contributed by atoms with Gasteiger partial charge in [-0.2, -0.15) is 0 Å². The van der Waals surface area contributed by atoms with Gasteiger partial charge in [0.05, 0.1) is 17.0 Å². The van der Waals surface area contributed by atoms with Crippen LogP contribution >= 0.6 is 11.3 Å². The Morgan fingerprint density at radius 2 is 1.75 bits per heavy atom. The number of pyridine rings is 1. The number of thiazole rings is 1. The van der Waals surface area contributed by atoms with E-state index >= 15 is 0 Å². The number of fused-ring (bicyclic) bond motifs is 2. The van der Waals surface area contributed by atoms with E-state index < -0.39 is 0 Å². The van der Waals surface area contributed by atoms with Gasteiger partial charge >= 0.3 is 0 Å². The number of piperidine rings is 1. The molecule has 1 aliphatic heterocycles. The first kappa shape index (κ1) is 20.4. The van der Waals surface area contributed by atoms with Gasteiger partial charge in [0.2, 0.25) is 11.8 Å². The molecule has 1 fully saturated rings. The molecule has 1 aliphatic rings. The van der Waals surface area contributed by atoms with Crippen molar-refractivity contribution in [1.29, 1.82) is 0 Å². The van der Waals surface area contributed by atoms with E-state index in [4.69, 9.17) is 0 Å². The molecule has 0 spiro atoms. The smallest absolute Gasteiger partial charge is 0.242 e. The molecule has 0 aliphatic carbocycles. The predicted molar refractivity (Wildman–Crippen MR) is 126 cm³/mol. The number of benzene rings is 2. The molecule has 162 valence electrons. The zero-order chi connectivity index (χ0) is 22.1. The number of carbonyl (C=O) groups is 2. The summed E-state index contributed by atoms with van der Waals surface area (Å²) in [5.41, 5.74) is 1.44. The maximum absolute atomic E-state index is 13.3. The molecule has 1 N–H and O–H groups in total. The van der Waals surface area contributed by atoms with Crippen molar-refractivity contribution >= 4 is 50.1 Å². The van der Waals surface area contributed by atoms with E-state index in [2.05, 4.69) is 10.3 Å². The molecule has 0 saturated carbocycles. The Morgan fingerprint density at radius 3 is 2.41 bits per heavy atom. The third-order valence-electron chi connectivity index (χ3n) is 5.98. The van der Waals surface area contributed by atoms with Crippen molar-refractivity contribution in [3.05, 3.63) is 70.3 Å². The second-order valence-corrected chi connectivity index (χ2v) is 8.85. The van der Waals surface area contributed by atoms with Gasteiger partial charge in [-0.25, -0.2) is 4.98 Å². The van der Waals surface area contributed by atoms with Crippen LogP contribution < -0.4 is 10.7 Å². The molecule has 4 aromatic rings. The molecule has 2 amide bonds. The molecule has 1 atom stereocenters. The summed E-state index contributed by atoms with van der Waals surface area (Å²) in [7, 11) is 0. The van der Waals surface area contributed by atoms with Gasteiger partial charge in [0.15, 0.2) is 10.6 Å². The van der Waals surface area contributed by atoms with Crippen molar-refractivity contribution in [3.63, 3.8) is 0 Å². The number of anilines is 1. The van der Waals surface area contributed by atoms with Gasteiger partial charge in [0.25, 0.3) is 0 Å². The van der Waals surface area contributed by atoms with Crippen molar-refractivity contribution < 1.29 is 9.59 Å². The summed E-state index contributed by atoms with van der Waals surface area (Å²) in [6, 6.07) is 14.8. The Balaban J connectivity index is 1.41. The van der Waals surface area contributed by atoms with Gasteiger partial charge in [-0.05, 0) is 37.1 Å². The average molecular weight is 447 g/mol. The van der Waals surface area contributed by atoms with Gasteiger partial charge in [0.1, 0.15) is 6.54 Å². The van der Waals surface area contributed by atoms with Gasteiger partial charge in [0, 0.05) is 35.4 Å². The molecule has 8 heteroatoms. The third kappa shape index (κ3) is 3.78. The molecule has 3 heterocycles. The number of carbonyl (C=O) groups excluding carboxylic acids is 2. The molecule has 0 radical (unpaired) electrons. The van der Waals surface area contributed by atoms with Crippen LogP contribution in [0.1, 0.15) is 12.8 Å². The number of nitrogens with zero attached hydrogens (tertiary/aromatic N) is 3. The fourth-order valence-electron chi connectivity index (χ4n) is 4.39. The molecule has 7 nitrogen and oxygen atoms in total. The van der Waals surface area contributed by atoms with E-state index in [-0.39, 0.29) is 29.7 Å². The number of amides is 2. The Morgan fingerprint density at radius 1 is 1.06 bits per heavy atom.